The summed E-state index contributed by atoms with van der Waals surface area (Å²) in [5.74, 6) is 1.70. The number of carbonyl (C=O) groups is 1. The molecule has 2 aliphatic carbocycles. The molecule has 0 saturated heterocycles. The van der Waals surface area contributed by atoms with E-state index < -0.39 is 0 Å². The zero-order valence-corrected chi connectivity index (χ0v) is 15.1. The largest absolute Gasteiger partial charge is 0.493 e. The van der Waals surface area contributed by atoms with Gasteiger partial charge in [0.1, 0.15) is 0 Å². The van der Waals surface area contributed by atoms with Crippen molar-refractivity contribution >= 4 is 5.91 Å². The summed E-state index contributed by atoms with van der Waals surface area (Å²) in [7, 11) is 1.66. The predicted molar refractivity (Wildman–Crippen MR) is 97.7 cm³/mol. The van der Waals surface area contributed by atoms with E-state index in [9.17, 15) is 4.79 Å². The molecule has 0 bridgehead atoms. The first-order valence-corrected chi connectivity index (χ1v) is 9.52. The van der Waals surface area contributed by atoms with Crippen LogP contribution in [0.5, 0.6) is 11.5 Å². The number of nitrogens with two attached hydrogens (primary N) is 1. The fraction of sp³-hybridized carbons (Fsp3) is 0.650. The number of rotatable bonds is 6. The molecule has 1 aromatic rings. The molecule has 3 rings (SSSR count). The van der Waals surface area contributed by atoms with Gasteiger partial charge >= 0.3 is 0 Å². The number of ether oxygens (including phenoxy) is 2. The Kier molecular flexibility index (Phi) is 6.19. The topological polar surface area (TPSA) is 73.6 Å². The molecule has 5 heteroatoms. The van der Waals surface area contributed by atoms with Gasteiger partial charge in [0.25, 0.3) is 0 Å². The molecule has 0 radical (unpaired) electrons. The van der Waals surface area contributed by atoms with Crippen LogP contribution in [0.25, 0.3) is 0 Å². The maximum atomic E-state index is 12.4. The Morgan fingerprint density at radius 1 is 1.16 bits per heavy atom. The molecule has 2 fully saturated rings. The second kappa shape index (κ2) is 8.56. The van der Waals surface area contributed by atoms with Crippen LogP contribution in [-0.4, -0.2) is 25.2 Å². The molecule has 2 unspecified atom stereocenters. The molecule has 2 atom stereocenters. The van der Waals surface area contributed by atoms with Gasteiger partial charge in [-0.25, -0.2) is 0 Å². The van der Waals surface area contributed by atoms with Crippen LogP contribution in [-0.2, 0) is 11.3 Å². The Labute approximate surface area is 150 Å². The van der Waals surface area contributed by atoms with Crippen LogP contribution in [0.4, 0.5) is 0 Å². The molecular formula is C20H30N2O3. The van der Waals surface area contributed by atoms with E-state index in [1.807, 2.05) is 18.2 Å². The minimum Gasteiger partial charge on any atom is -0.493 e. The number of amides is 1. The average Bonchev–Trinajstić information content (AvgIpc) is 3.13. The van der Waals surface area contributed by atoms with E-state index in [1.165, 1.54) is 12.8 Å². The van der Waals surface area contributed by atoms with Crippen molar-refractivity contribution in [2.45, 2.75) is 70.1 Å². The summed E-state index contributed by atoms with van der Waals surface area (Å²) in [5.41, 5.74) is 7.02. The second-order valence-electron chi connectivity index (χ2n) is 7.35. The molecule has 1 amide bonds. The molecule has 0 aliphatic heterocycles. The Morgan fingerprint density at radius 3 is 2.68 bits per heavy atom. The molecular weight excluding hydrogens is 316 g/mol. The summed E-state index contributed by atoms with van der Waals surface area (Å²) < 4.78 is 11.5. The maximum absolute atomic E-state index is 12.4. The van der Waals surface area contributed by atoms with Crippen molar-refractivity contribution in [2.24, 2.45) is 11.7 Å². The van der Waals surface area contributed by atoms with Crippen molar-refractivity contribution in [3.05, 3.63) is 23.8 Å². The fourth-order valence-electron chi connectivity index (χ4n) is 3.91. The smallest absolute Gasteiger partial charge is 0.223 e. The SMILES string of the molecule is COc1ccc(CNC(=O)C2CCCC(N)C2)cc1OC1CCCC1. The predicted octanol–water partition coefficient (Wildman–Crippen LogP) is 3.15. The van der Waals surface area contributed by atoms with Gasteiger partial charge < -0.3 is 20.5 Å². The van der Waals surface area contributed by atoms with E-state index in [2.05, 4.69) is 5.32 Å². The van der Waals surface area contributed by atoms with E-state index in [0.29, 0.717) is 6.54 Å². The normalized spacial score (nSPS) is 24.1. The minimum absolute atomic E-state index is 0.0520. The lowest BCUT2D eigenvalue weighted by atomic mass is 9.85. The van der Waals surface area contributed by atoms with Gasteiger partial charge in [0, 0.05) is 18.5 Å². The van der Waals surface area contributed by atoms with Crippen LogP contribution in [0.2, 0.25) is 0 Å². The van der Waals surface area contributed by atoms with E-state index >= 15 is 0 Å². The number of hydrogen-bond acceptors (Lipinski definition) is 4. The lowest BCUT2D eigenvalue weighted by molar-refractivity contribution is -0.126. The van der Waals surface area contributed by atoms with Crippen LogP contribution in [0.1, 0.15) is 56.9 Å². The molecule has 3 N–H and O–H groups in total. The van der Waals surface area contributed by atoms with E-state index in [4.69, 9.17) is 15.2 Å². The quantitative estimate of drug-likeness (QED) is 0.830. The first-order valence-electron chi connectivity index (χ1n) is 9.52. The molecule has 1 aromatic carbocycles. The summed E-state index contributed by atoms with van der Waals surface area (Å²) in [4.78, 5) is 12.4. The van der Waals surface area contributed by atoms with Crippen molar-refractivity contribution in [1.82, 2.24) is 5.32 Å². The Balaban J connectivity index is 1.58. The van der Waals surface area contributed by atoms with E-state index in [-0.39, 0.29) is 24.0 Å². The van der Waals surface area contributed by atoms with Crippen molar-refractivity contribution < 1.29 is 14.3 Å². The van der Waals surface area contributed by atoms with Crippen LogP contribution >= 0.6 is 0 Å². The minimum atomic E-state index is 0.0520. The highest BCUT2D eigenvalue weighted by Gasteiger charge is 2.25. The van der Waals surface area contributed by atoms with E-state index in [1.54, 1.807) is 7.11 Å². The molecule has 25 heavy (non-hydrogen) atoms. The summed E-state index contributed by atoms with van der Waals surface area (Å²) in [6.07, 6.45) is 8.76. The van der Waals surface area contributed by atoms with Crippen molar-refractivity contribution in [3.8, 4) is 11.5 Å². The zero-order chi connectivity index (χ0) is 17.6. The van der Waals surface area contributed by atoms with Gasteiger partial charge in [0.05, 0.1) is 13.2 Å². The fourth-order valence-corrected chi connectivity index (χ4v) is 3.91. The number of benzene rings is 1. The highest BCUT2D eigenvalue weighted by atomic mass is 16.5. The number of carbonyl (C=O) groups excluding carboxylic acids is 1. The summed E-state index contributed by atoms with van der Waals surface area (Å²) in [6.45, 7) is 0.510. The Bertz CT molecular complexity index is 584. The number of methoxy groups -OCH3 is 1. The maximum Gasteiger partial charge on any atom is 0.223 e. The first kappa shape index (κ1) is 18.1. The molecule has 2 aliphatic rings. The molecule has 0 spiro atoms. The van der Waals surface area contributed by atoms with Gasteiger partial charge in [-0.05, 0) is 62.6 Å². The van der Waals surface area contributed by atoms with Crippen LogP contribution in [0.3, 0.4) is 0 Å². The lowest BCUT2D eigenvalue weighted by Gasteiger charge is -2.25. The molecule has 5 nitrogen and oxygen atoms in total. The average molecular weight is 346 g/mol. The number of nitrogens with one attached hydrogen (secondary N) is 1. The summed E-state index contributed by atoms with van der Waals surface area (Å²) >= 11 is 0. The molecule has 0 aromatic heterocycles. The molecule has 138 valence electrons. The highest BCUT2D eigenvalue weighted by molar-refractivity contribution is 5.78. The van der Waals surface area contributed by atoms with Crippen molar-refractivity contribution in [1.29, 1.82) is 0 Å². The van der Waals surface area contributed by atoms with Gasteiger partial charge in [0.15, 0.2) is 11.5 Å². The highest BCUT2D eigenvalue weighted by Crippen LogP contribution is 2.32. The van der Waals surface area contributed by atoms with Gasteiger partial charge in [-0.2, -0.15) is 0 Å². The number of hydrogen-bond donors (Lipinski definition) is 2. The monoisotopic (exact) mass is 346 g/mol. The van der Waals surface area contributed by atoms with Gasteiger partial charge in [-0.1, -0.05) is 12.5 Å². The Morgan fingerprint density at radius 2 is 1.96 bits per heavy atom. The second-order valence-corrected chi connectivity index (χ2v) is 7.35. The third-order valence-corrected chi connectivity index (χ3v) is 5.38. The third kappa shape index (κ3) is 4.88. The summed E-state index contributed by atoms with van der Waals surface area (Å²) in [6, 6.07) is 6.05. The van der Waals surface area contributed by atoms with Crippen molar-refractivity contribution in [2.75, 3.05) is 7.11 Å². The zero-order valence-electron chi connectivity index (χ0n) is 15.1. The Hall–Kier alpha value is -1.75. The van der Waals surface area contributed by atoms with Gasteiger partial charge in [-0.3, -0.25) is 4.79 Å². The van der Waals surface area contributed by atoms with Gasteiger partial charge in [0.2, 0.25) is 5.91 Å². The van der Waals surface area contributed by atoms with Crippen LogP contribution in [0, 0.1) is 5.92 Å². The standard InChI is InChI=1S/C20H30N2O3/c1-24-18-10-9-14(11-19(18)25-17-7-2-3-8-17)13-22-20(23)15-5-4-6-16(21)12-15/h9-11,15-17H,2-8,12-13,21H2,1H3,(H,22,23). The third-order valence-electron chi connectivity index (χ3n) is 5.38. The first-order chi connectivity index (χ1) is 12.2. The molecule has 2 saturated carbocycles. The summed E-state index contributed by atoms with van der Waals surface area (Å²) in [5, 5.41) is 3.06. The van der Waals surface area contributed by atoms with Crippen LogP contribution < -0.4 is 20.5 Å². The van der Waals surface area contributed by atoms with E-state index in [0.717, 1.165) is 55.6 Å². The van der Waals surface area contributed by atoms with Crippen LogP contribution in [0.15, 0.2) is 18.2 Å². The van der Waals surface area contributed by atoms with Crippen molar-refractivity contribution in [3.63, 3.8) is 0 Å². The lowest BCUT2D eigenvalue weighted by Crippen LogP contribution is -2.37. The molecule has 0 heterocycles. The van der Waals surface area contributed by atoms with Gasteiger partial charge in [-0.15, -0.1) is 0 Å².